The lowest BCUT2D eigenvalue weighted by atomic mass is 10.1. The number of ketones is 1. The maximum Gasteiger partial charge on any atom is 0.173 e. The minimum Gasteiger partial charge on any atom is -0.293 e. The maximum atomic E-state index is 12.0. The van der Waals surface area contributed by atoms with Crippen molar-refractivity contribution < 1.29 is 4.79 Å². The van der Waals surface area contributed by atoms with Crippen molar-refractivity contribution in [1.29, 1.82) is 0 Å². The molecule has 1 aromatic rings. The van der Waals surface area contributed by atoms with Gasteiger partial charge in [-0.05, 0) is 44.2 Å². The van der Waals surface area contributed by atoms with Crippen LogP contribution >= 0.6 is 11.3 Å². The van der Waals surface area contributed by atoms with Gasteiger partial charge in [0.2, 0.25) is 0 Å². The first-order valence-corrected chi connectivity index (χ1v) is 7.17. The monoisotopic (exact) mass is 246 g/mol. The lowest BCUT2D eigenvalue weighted by molar-refractivity contribution is 0.0988. The van der Waals surface area contributed by atoms with Crippen LogP contribution in [-0.4, -0.2) is 5.78 Å². The van der Waals surface area contributed by atoms with E-state index in [1.54, 1.807) is 11.3 Å². The second kappa shape index (κ2) is 6.02. The van der Waals surface area contributed by atoms with Crippen LogP contribution in [0.25, 0.3) is 0 Å². The highest BCUT2D eigenvalue weighted by atomic mass is 32.1. The second-order valence-corrected chi connectivity index (χ2v) is 5.61. The second-order valence-electron chi connectivity index (χ2n) is 4.47. The molecule has 1 nitrogen and oxygen atoms in total. The molecule has 0 radical (unpaired) electrons. The van der Waals surface area contributed by atoms with Gasteiger partial charge in [0, 0.05) is 17.7 Å². The molecule has 0 fully saturated rings. The quantitative estimate of drug-likeness (QED) is 0.447. The highest BCUT2D eigenvalue weighted by Crippen LogP contribution is 2.29. The normalized spacial score (nSPS) is 14.4. The summed E-state index contributed by atoms with van der Waals surface area (Å²) in [4.78, 5) is 14.4. The van der Waals surface area contributed by atoms with Gasteiger partial charge < -0.3 is 0 Å². The highest BCUT2D eigenvalue weighted by molar-refractivity contribution is 7.14. The smallest absolute Gasteiger partial charge is 0.173 e. The summed E-state index contributed by atoms with van der Waals surface area (Å²) in [6.07, 6.45) is 7.48. The number of Topliss-reactive ketones (excluding diaryl/α,β-unsaturated/α-hetero) is 1. The van der Waals surface area contributed by atoms with E-state index in [4.69, 9.17) is 0 Å². The summed E-state index contributed by atoms with van der Waals surface area (Å²) in [5, 5.41) is 0. The first kappa shape index (κ1) is 12.4. The summed E-state index contributed by atoms with van der Waals surface area (Å²) in [6.45, 7) is 1.82. The van der Waals surface area contributed by atoms with Gasteiger partial charge in [-0.1, -0.05) is 6.42 Å². The van der Waals surface area contributed by atoms with Crippen molar-refractivity contribution in [2.24, 2.45) is 0 Å². The molecule has 0 N–H and O–H groups in total. The minimum atomic E-state index is 0.269. The predicted molar refractivity (Wildman–Crippen MR) is 72.6 cm³/mol. The molecule has 0 atom stereocenters. The van der Waals surface area contributed by atoms with Gasteiger partial charge in [0.05, 0.1) is 4.88 Å². The number of aryl methyl sites for hydroxylation is 2. The van der Waals surface area contributed by atoms with Gasteiger partial charge in [0.15, 0.2) is 5.78 Å². The molecular weight excluding hydrogens is 228 g/mol. The van der Waals surface area contributed by atoms with Gasteiger partial charge >= 0.3 is 0 Å². The number of carbonyl (C=O) groups is 1. The van der Waals surface area contributed by atoms with Gasteiger partial charge in [0.25, 0.3) is 0 Å². The Kier molecular flexibility index (Phi) is 4.39. The number of fused-ring (bicyclic) bond motifs is 1. The van der Waals surface area contributed by atoms with Crippen molar-refractivity contribution >= 4 is 17.1 Å². The van der Waals surface area contributed by atoms with E-state index in [1.807, 2.05) is 6.92 Å². The lowest BCUT2D eigenvalue weighted by Gasteiger charge is -1.94. The topological polar surface area (TPSA) is 17.1 Å². The van der Waals surface area contributed by atoms with Crippen molar-refractivity contribution in [3.05, 3.63) is 21.4 Å². The third kappa shape index (κ3) is 3.20. The van der Waals surface area contributed by atoms with Crippen LogP contribution in [0.15, 0.2) is 6.07 Å². The summed E-state index contributed by atoms with van der Waals surface area (Å²) in [7, 11) is 0. The van der Waals surface area contributed by atoms with E-state index in [2.05, 4.69) is 17.9 Å². The standard InChI is InChI=1S/C15H18OS/c1-2-3-5-9-13(16)15-11-12-8-6-4-7-10-14(12)17-15/h11H,4-10H2,1H3. The Bertz CT molecular complexity index is 436. The third-order valence-corrected chi connectivity index (χ3v) is 4.45. The van der Waals surface area contributed by atoms with E-state index >= 15 is 0 Å². The fourth-order valence-electron chi connectivity index (χ4n) is 2.23. The molecule has 0 aliphatic heterocycles. The zero-order valence-electron chi connectivity index (χ0n) is 10.3. The highest BCUT2D eigenvalue weighted by Gasteiger charge is 2.15. The molecule has 1 aromatic heterocycles. The average molecular weight is 246 g/mol. The molecule has 17 heavy (non-hydrogen) atoms. The molecule has 2 rings (SSSR count). The van der Waals surface area contributed by atoms with Crippen LogP contribution < -0.4 is 0 Å². The van der Waals surface area contributed by atoms with E-state index in [1.165, 1.54) is 36.1 Å². The van der Waals surface area contributed by atoms with Crippen LogP contribution in [0, 0.1) is 11.8 Å². The molecule has 1 heterocycles. The zero-order chi connectivity index (χ0) is 12.1. The summed E-state index contributed by atoms with van der Waals surface area (Å²) in [6, 6.07) is 2.13. The Hall–Kier alpha value is -1.07. The summed E-state index contributed by atoms with van der Waals surface area (Å²) < 4.78 is 0. The molecule has 0 saturated carbocycles. The molecule has 1 aliphatic rings. The molecule has 0 bridgehead atoms. The average Bonchev–Trinajstić information content (AvgIpc) is 2.61. The van der Waals surface area contributed by atoms with Crippen molar-refractivity contribution in [2.75, 3.05) is 0 Å². The fourth-order valence-corrected chi connectivity index (χ4v) is 3.45. The Morgan fingerprint density at radius 2 is 2.18 bits per heavy atom. The molecule has 90 valence electrons. The molecule has 0 spiro atoms. The number of hydrogen-bond acceptors (Lipinski definition) is 2. The Morgan fingerprint density at radius 3 is 3.00 bits per heavy atom. The number of carbonyl (C=O) groups excluding carboxylic acids is 1. The largest absolute Gasteiger partial charge is 0.293 e. The van der Waals surface area contributed by atoms with E-state index in [0.29, 0.717) is 12.8 Å². The predicted octanol–water partition coefficient (Wildman–Crippen LogP) is 4.00. The maximum absolute atomic E-state index is 12.0. The van der Waals surface area contributed by atoms with Gasteiger partial charge in [-0.25, -0.2) is 0 Å². The molecule has 0 saturated heterocycles. The van der Waals surface area contributed by atoms with Gasteiger partial charge in [0.1, 0.15) is 0 Å². The molecule has 0 aromatic carbocycles. The van der Waals surface area contributed by atoms with Crippen LogP contribution in [0.5, 0.6) is 0 Å². The van der Waals surface area contributed by atoms with Crippen molar-refractivity contribution in [2.45, 2.75) is 51.9 Å². The van der Waals surface area contributed by atoms with E-state index < -0.39 is 0 Å². The SMILES string of the molecule is CC#CCCC(=O)c1cc2c(s1)CCCCC2. The van der Waals surface area contributed by atoms with Crippen molar-refractivity contribution in [3.8, 4) is 11.8 Å². The Labute approximate surface area is 107 Å². The van der Waals surface area contributed by atoms with Crippen molar-refractivity contribution in [3.63, 3.8) is 0 Å². The van der Waals surface area contributed by atoms with Gasteiger partial charge in [-0.2, -0.15) is 0 Å². The summed E-state index contributed by atoms with van der Waals surface area (Å²) in [5.41, 5.74) is 1.43. The van der Waals surface area contributed by atoms with E-state index in [0.717, 1.165) is 11.3 Å². The number of rotatable bonds is 3. The van der Waals surface area contributed by atoms with Crippen LogP contribution in [0.2, 0.25) is 0 Å². The van der Waals surface area contributed by atoms with Gasteiger partial charge in [-0.3, -0.25) is 4.79 Å². The van der Waals surface area contributed by atoms with Crippen LogP contribution in [-0.2, 0) is 12.8 Å². The third-order valence-electron chi connectivity index (χ3n) is 3.18. The van der Waals surface area contributed by atoms with Crippen LogP contribution in [0.3, 0.4) is 0 Å². The summed E-state index contributed by atoms with van der Waals surface area (Å²) in [5.74, 6) is 6.06. The molecule has 0 unspecified atom stereocenters. The van der Waals surface area contributed by atoms with Crippen LogP contribution in [0.1, 0.15) is 59.1 Å². The number of thiophene rings is 1. The Morgan fingerprint density at radius 1 is 1.35 bits per heavy atom. The lowest BCUT2D eigenvalue weighted by Crippen LogP contribution is -1.94. The van der Waals surface area contributed by atoms with E-state index in [9.17, 15) is 4.79 Å². The molecule has 1 aliphatic carbocycles. The number of hydrogen-bond donors (Lipinski definition) is 0. The first-order chi connectivity index (χ1) is 8.31. The summed E-state index contributed by atoms with van der Waals surface area (Å²) >= 11 is 1.72. The minimum absolute atomic E-state index is 0.269. The van der Waals surface area contributed by atoms with Crippen LogP contribution in [0.4, 0.5) is 0 Å². The van der Waals surface area contributed by atoms with Gasteiger partial charge in [-0.15, -0.1) is 23.2 Å². The first-order valence-electron chi connectivity index (χ1n) is 6.35. The molecule has 2 heteroatoms. The zero-order valence-corrected chi connectivity index (χ0v) is 11.2. The fraction of sp³-hybridized carbons (Fsp3) is 0.533. The molecule has 0 amide bonds. The van der Waals surface area contributed by atoms with E-state index in [-0.39, 0.29) is 5.78 Å². The van der Waals surface area contributed by atoms with Crippen molar-refractivity contribution in [1.82, 2.24) is 0 Å². The molecular formula is C15H18OS. The Balaban J connectivity index is 2.05.